The molecule has 0 atom stereocenters. The topological polar surface area (TPSA) is 75.4 Å². The van der Waals surface area contributed by atoms with E-state index in [1.54, 1.807) is 4.68 Å². The first-order valence-electron chi connectivity index (χ1n) is 8.46. The minimum Gasteiger partial charge on any atom is -0.507 e. The molecular formula is C19H24N2O3. The van der Waals surface area contributed by atoms with Crippen molar-refractivity contribution in [3.63, 3.8) is 0 Å². The molecule has 2 N–H and O–H groups in total. The van der Waals surface area contributed by atoms with Crippen molar-refractivity contribution in [2.24, 2.45) is 0 Å². The quantitative estimate of drug-likeness (QED) is 0.884. The molecular weight excluding hydrogens is 304 g/mol. The Hall–Kier alpha value is -2.30. The van der Waals surface area contributed by atoms with E-state index in [-0.39, 0.29) is 6.42 Å². The van der Waals surface area contributed by atoms with Crippen molar-refractivity contribution in [3.8, 4) is 5.75 Å². The van der Waals surface area contributed by atoms with E-state index in [2.05, 4.69) is 11.2 Å². The second kappa shape index (κ2) is 6.30. The number of rotatable bonds is 5. The molecule has 0 unspecified atom stereocenters. The van der Waals surface area contributed by atoms with Crippen molar-refractivity contribution >= 4 is 5.97 Å². The van der Waals surface area contributed by atoms with E-state index in [4.69, 9.17) is 5.11 Å². The SMILES string of the molecule is Cc1cc(Cc2c(C)nn(CCC(=O)O)c2C)c2c(c1O)CCC2. The number of phenolic OH excluding ortho intramolecular Hbond substituents is 1. The summed E-state index contributed by atoms with van der Waals surface area (Å²) >= 11 is 0. The van der Waals surface area contributed by atoms with Crippen LogP contribution in [0, 0.1) is 20.8 Å². The number of carbonyl (C=O) groups is 1. The van der Waals surface area contributed by atoms with Crippen LogP contribution in [0.5, 0.6) is 5.75 Å². The summed E-state index contributed by atoms with van der Waals surface area (Å²) in [6, 6.07) is 2.09. The summed E-state index contributed by atoms with van der Waals surface area (Å²) in [5.74, 6) is -0.354. The second-order valence-electron chi connectivity index (χ2n) is 6.70. The number of carboxylic acids is 1. The molecule has 1 aromatic heterocycles. The predicted molar refractivity (Wildman–Crippen MR) is 91.6 cm³/mol. The van der Waals surface area contributed by atoms with Crippen molar-refractivity contribution in [1.29, 1.82) is 0 Å². The van der Waals surface area contributed by atoms with Crippen LogP contribution in [0.3, 0.4) is 0 Å². The zero-order valence-corrected chi connectivity index (χ0v) is 14.5. The number of hydrogen-bond acceptors (Lipinski definition) is 3. The lowest BCUT2D eigenvalue weighted by Gasteiger charge is -2.13. The number of carboxylic acid groups (broad SMARTS) is 1. The number of aryl methyl sites for hydroxylation is 3. The first kappa shape index (κ1) is 16.6. The first-order chi connectivity index (χ1) is 11.4. The van der Waals surface area contributed by atoms with E-state index in [1.807, 2.05) is 20.8 Å². The molecule has 5 heteroatoms. The number of fused-ring (bicyclic) bond motifs is 1. The molecule has 0 radical (unpaired) electrons. The van der Waals surface area contributed by atoms with Gasteiger partial charge in [0, 0.05) is 17.7 Å². The van der Waals surface area contributed by atoms with Crippen LogP contribution in [0.4, 0.5) is 0 Å². The number of nitrogens with zero attached hydrogens (tertiary/aromatic N) is 2. The molecule has 0 aliphatic heterocycles. The highest BCUT2D eigenvalue weighted by Gasteiger charge is 2.22. The number of phenols is 1. The minimum atomic E-state index is -0.809. The van der Waals surface area contributed by atoms with Gasteiger partial charge in [0.15, 0.2) is 0 Å². The van der Waals surface area contributed by atoms with Gasteiger partial charge in [-0.05, 0) is 62.3 Å². The maximum Gasteiger partial charge on any atom is 0.305 e. The van der Waals surface area contributed by atoms with Crippen molar-refractivity contribution in [3.05, 3.63) is 45.3 Å². The van der Waals surface area contributed by atoms with Crippen LogP contribution in [0.2, 0.25) is 0 Å². The monoisotopic (exact) mass is 328 g/mol. The molecule has 1 heterocycles. The third kappa shape index (κ3) is 2.90. The smallest absolute Gasteiger partial charge is 0.305 e. The Morgan fingerprint density at radius 2 is 1.96 bits per heavy atom. The molecule has 1 aliphatic rings. The Bertz CT molecular complexity index is 806. The fourth-order valence-corrected chi connectivity index (χ4v) is 3.77. The summed E-state index contributed by atoms with van der Waals surface area (Å²) in [4.78, 5) is 10.8. The molecule has 0 saturated carbocycles. The van der Waals surface area contributed by atoms with Crippen LogP contribution in [-0.2, 0) is 30.6 Å². The lowest BCUT2D eigenvalue weighted by atomic mass is 9.93. The molecule has 0 bridgehead atoms. The van der Waals surface area contributed by atoms with E-state index in [0.717, 1.165) is 48.2 Å². The molecule has 24 heavy (non-hydrogen) atoms. The van der Waals surface area contributed by atoms with Gasteiger partial charge in [0.05, 0.1) is 18.7 Å². The van der Waals surface area contributed by atoms with Gasteiger partial charge < -0.3 is 10.2 Å². The number of aromatic nitrogens is 2. The van der Waals surface area contributed by atoms with E-state index < -0.39 is 5.97 Å². The average Bonchev–Trinajstić information content (AvgIpc) is 3.11. The van der Waals surface area contributed by atoms with Gasteiger partial charge in [0.2, 0.25) is 0 Å². The van der Waals surface area contributed by atoms with E-state index in [0.29, 0.717) is 12.3 Å². The first-order valence-corrected chi connectivity index (χ1v) is 8.46. The second-order valence-corrected chi connectivity index (χ2v) is 6.70. The predicted octanol–water partition coefficient (Wildman–Crippen LogP) is 3.07. The molecule has 1 aliphatic carbocycles. The fraction of sp³-hybridized carbons (Fsp3) is 0.474. The van der Waals surface area contributed by atoms with Crippen LogP contribution in [0.15, 0.2) is 6.07 Å². The fourth-order valence-electron chi connectivity index (χ4n) is 3.77. The van der Waals surface area contributed by atoms with Gasteiger partial charge in [-0.1, -0.05) is 6.07 Å². The van der Waals surface area contributed by atoms with E-state index in [9.17, 15) is 9.90 Å². The summed E-state index contributed by atoms with van der Waals surface area (Å²) in [7, 11) is 0. The number of hydrogen-bond donors (Lipinski definition) is 2. The number of aromatic hydroxyl groups is 1. The van der Waals surface area contributed by atoms with Crippen LogP contribution in [0.25, 0.3) is 0 Å². The molecule has 0 amide bonds. The average molecular weight is 328 g/mol. The van der Waals surface area contributed by atoms with Gasteiger partial charge in [-0.25, -0.2) is 0 Å². The molecule has 2 aromatic rings. The van der Waals surface area contributed by atoms with Crippen LogP contribution >= 0.6 is 0 Å². The van der Waals surface area contributed by atoms with Gasteiger partial charge in [0.1, 0.15) is 5.75 Å². The van der Waals surface area contributed by atoms with Crippen molar-refractivity contribution in [2.45, 2.75) is 59.4 Å². The maximum atomic E-state index is 10.8. The van der Waals surface area contributed by atoms with E-state index >= 15 is 0 Å². The Morgan fingerprint density at radius 1 is 1.25 bits per heavy atom. The van der Waals surface area contributed by atoms with Crippen LogP contribution in [-0.4, -0.2) is 26.0 Å². The molecule has 128 valence electrons. The zero-order valence-electron chi connectivity index (χ0n) is 14.5. The summed E-state index contributed by atoms with van der Waals surface area (Å²) in [6.45, 7) is 6.33. The van der Waals surface area contributed by atoms with E-state index in [1.165, 1.54) is 16.7 Å². The van der Waals surface area contributed by atoms with Gasteiger partial charge in [0.25, 0.3) is 0 Å². The molecule has 0 saturated heterocycles. The molecule has 5 nitrogen and oxygen atoms in total. The third-order valence-corrected chi connectivity index (χ3v) is 5.09. The summed E-state index contributed by atoms with van der Waals surface area (Å²) in [5.41, 5.74) is 7.75. The lowest BCUT2D eigenvalue weighted by Crippen LogP contribution is -2.08. The Morgan fingerprint density at radius 3 is 2.67 bits per heavy atom. The number of benzene rings is 1. The molecule has 0 spiro atoms. The standard InChI is InChI=1S/C19H24N2O3/c1-11-9-14(15-5-4-6-16(15)19(11)24)10-17-12(2)20-21(13(17)3)8-7-18(22)23/h9,24H,4-8,10H2,1-3H3,(H,22,23). The summed E-state index contributed by atoms with van der Waals surface area (Å²) in [5, 5.41) is 23.7. The Balaban J connectivity index is 1.94. The summed E-state index contributed by atoms with van der Waals surface area (Å²) in [6.07, 6.45) is 3.92. The highest BCUT2D eigenvalue weighted by molar-refractivity contribution is 5.66. The zero-order chi connectivity index (χ0) is 17.4. The van der Waals surface area contributed by atoms with Crippen molar-refractivity contribution in [2.75, 3.05) is 0 Å². The van der Waals surface area contributed by atoms with Gasteiger partial charge in [-0.3, -0.25) is 9.48 Å². The third-order valence-electron chi connectivity index (χ3n) is 5.09. The Kier molecular flexibility index (Phi) is 4.35. The summed E-state index contributed by atoms with van der Waals surface area (Å²) < 4.78 is 1.80. The number of aliphatic carboxylic acids is 1. The largest absolute Gasteiger partial charge is 0.507 e. The maximum absolute atomic E-state index is 10.8. The van der Waals surface area contributed by atoms with Gasteiger partial charge >= 0.3 is 5.97 Å². The van der Waals surface area contributed by atoms with Crippen molar-refractivity contribution in [1.82, 2.24) is 9.78 Å². The highest BCUT2D eigenvalue weighted by atomic mass is 16.4. The highest BCUT2D eigenvalue weighted by Crippen LogP contribution is 2.36. The van der Waals surface area contributed by atoms with Crippen LogP contribution in [0.1, 0.15) is 52.0 Å². The lowest BCUT2D eigenvalue weighted by molar-refractivity contribution is -0.137. The van der Waals surface area contributed by atoms with Gasteiger partial charge in [-0.2, -0.15) is 5.10 Å². The van der Waals surface area contributed by atoms with Crippen molar-refractivity contribution < 1.29 is 15.0 Å². The molecule has 1 aromatic carbocycles. The minimum absolute atomic E-state index is 0.0785. The van der Waals surface area contributed by atoms with Crippen LogP contribution < -0.4 is 0 Å². The normalized spacial score (nSPS) is 13.3. The molecule has 0 fully saturated rings. The Labute approximate surface area is 141 Å². The molecule has 3 rings (SSSR count). The van der Waals surface area contributed by atoms with Gasteiger partial charge in [-0.15, -0.1) is 0 Å².